The van der Waals surface area contributed by atoms with Crippen LogP contribution in [-0.4, -0.2) is 45.3 Å². The molecule has 0 saturated carbocycles. The van der Waals surface area contributed by atoms with Gasteiger partial charge in [-0.05, 0) is 49.1 Å². The van der Waals surface area contributed by atoms with Crippen molar-refractivity contribution in [3.63, 3.8) is 0 Å². The third-order valence-corrected chi connectivity index (χ3v) is 7.21. The zero-order chi connectivity index (χ0) is 30.1. The SMILES string of the molecule is O=C(N[C@@H]1CC[C@@H](Cc2ccccc2)N(C(=O)c2cc(C(F)(F)F)cc(C(F)(F)F)c2)C1)c1ncnc2ccccc12. The largest absolute Gasteiger partial charge is 0.416 e. The fourth-order valence-electron chi connectivity index (χ4n) is 5.18. The predicted molar refractivity (Wildman–Crippen MR) is 141 cm³/mol. The van der Waals surface area contributed by atoms with Crippen molar-refractivity contribution >= 4 is 22.7 Å². The molecule has 0 spiro atoms. The standard InChI is InChI=1S/C30H24F6N4O2/c31-29(32,33)20-13-19(14-21(15-20)30(34,35)36)28(42)40-16-22(10-11-23(40)12-18-6-2-1-3-7-18)39-27(41)26-24-8-4-5-9-25(24)37-17-38-26/h1-9,13-15,17,22-23H,10-12,16H2,(H,39,41)/t22-,23+/m1/s1. The number of carbonyl (C=O) groups excluding carboxylic acids is 2. The number of hydrogen-bond acceptors (Lipinski definition) is 4. The Kier molecular flexibility index (Phi) is 7.89. The Labute approximate surface area is 236 Å². The van der Waals surface area contributed by atoms with E-state index in [1.165, 1.54) is 11.2 Å². The van der Waals surface area contributed by atoms with E-state index < -0.39 is 52.9 Å². The Morgan fingerprint density at radius 3 is 2.14 bits per heavy atom. The highest BCUT2D eigenvalue weighted by atomic mass is 19.4. The normalized spacial score (nSPS) is 17.7. The summed E-state index contributed by atoms with van der Waals surface area (Å²) in [5, 5.41) is 3.34. The molecule has 1 aliphatic heterocycles. The summed E-state index contributed by atoms with van der Waals surface area (Å²) < 4.78 is 81.2. The summed E-state index contributed by atoms with van der Waals surface area (Å²) in [5.74, 6) is -1.52. The summed E-state index contributed by atoms with van der Waals surface area (Å²) in [6.45, 7) is -0.122. The summed E-state index contributed by atoms with van der Waals surface area (Å²) in [7, 11) is 0. The molecule has 4 aromatic rings. The van der Waals surface area contributed by atoms with Crippen LogP contribution in [0.2, 0.25) is 0 Å². The van der Waals surface area contributed by atoms with Crippen molar-refractivity contribution in [3.05, 3.63) is 107 Å². The lowest BCUT2D eigenvalue weighted by atomic mass is 9.91. The molecule has 218 valence electrons. The molecule has 2 heterocycles. The number of amides is 2. The van der Waals surface area contributed by atoms with Gasteiger partial charge in [-0.15, -0.1) is 0 Å². The van der Waals surface area contributed by atoms with Gasteiger partial charge in [-0.1, -0.05) is 48.5 Å². The first-order valence-electron chi connectivity index (χ1n) is 13.0. The number of benzene rings is 3. The number of nitrogens with one attached hydrogen (secondary N) is 1. The first-order chi connectivity index (χ1) is 19.9. The van der Waals surface area contributed by atoms with Gasteiger partial charge >= 0.3 is 12.4 Å². The summed E-state index contributed by atoms with van der Waals surface area (Å²) in [5.41, 5.74) is -2.38. The highest BCUT2D eigenvalue weighted by Gasteiger charge is 2.39. The lowest BCUT2D eigenvalue weighted by Crippen LogP contribution is -2.54. The molecular weight excluding hydrogens is 562 g/mol. The summed E-state index contributed by atoms with van der Waals surface area (Å²) in [6, 6.07) is 15.6. The maximum absolute atomic E-state index is 13.7. The molecule has 2 atom stereocenters. The molecule has 0 unspecified atom stereocenters. The predicted octanol–water partition coefficient (Wildman–Crippen LogP) is 6.31. The number of hydrogen-bond donors (Lipinski definition) is 1. The molecule has 0 bridgehead atoms. The smallest absolute Gasteiger partial charge is 0.346 e. The average molecular weight is 587 g/mol. The molecule has 6 nitrogen and oxygen atoms in total. The zero-order valence-corrected chi connectivity index (χ0v) is 21.9. The van der Waals surface area contributed by atoms with Gasteiger partial charge in [0.05, 0.1) is 16.6 Å². The summed E-state index contributed by atoms with van der Waals surface area (Å²) in [4.78, 5) is 36.4. The molecule has 5 rings (SSSR count). The number of fused-ring (bicyclic) bond motifs is 1. The third-order valence-electron chi connectivity index (χ3n) is 7.21. The van der Waals surface area contributed by atoms with Gasteiger partial charge in [-0.25, -0.2) is 9.97 Å². The van der Waals surface area contributed by atoms with E-state index >= 15 is 0 Å². The van der Waals surface area contributed by atoms with Gasteiger partial charge in [-0.3, -0.25) is 9.59 Å². The summed E-state index contributed by atoms with van der Waals surface area (Å²) >= 11 is 0. The second kappa shape index (κ2) is 11.4. The number of carbonyl (C=O) groups is 2. The quantitative estimate of drug-likeness (QED) is 0.278. The Morgan fingerprint density at radius 1 is 0.833 bits per heavy atom. The first kappa shape index (κ1) is 29.0. The van der Waals surface area contributed by atoms with Crippen LogP contribution in [0.1, 0.15) is 50.4 Å². The van der Waals surface area contributed by atoms with Crippen molar-refractivity contribution in [3.8, 4) is 0 Å². The van der Waals surface area contributed by atoms with Crippen LogP contribution in [-0.2, 0) is 18.8 Å². The number of para-hydroxylation sites is 1. The third kappa shape index (κ3) is 6.37. The minimum absolute atomic E-state index is 0.0104. The number of piperidine rings is 1. The van der Waals surface area contributed by atoms with E-state index in [4.69, 9.17) is 0 Å². The van der Waals surface area contributed by atoms with E-state index in [9.17, 15) is 35.9 Å². The van der Waals surface area contributed by atoms with Gasteiger partial charge in [0, 0.05) is 29.6 Å². The molecule has 3 aromatic carbocycles. The van der Waals surface area contributed by atoms with E-state index in [1.54, 1.807) is 42.5 Å². The van der Waals surface area contributed by atoms with Crippen LogP contribution in [0.25, 0.3) is 10.9 Å². The fourth-order valence-corrected chi connectivity index (χ4v) is 5.18. The highest BCUT2D eigenvalue weighted by molar-refractivity contribution is 6.04. The Balaban J connectivity index is 1.46. The molecule has 12 heteroatoms. The second-order valence-electron chi connectivity index (χ2n) is 10.1. The molecule has 1 aliphatic rings. The van der Waals surface area contributed by atoms with Gasteiger partial charge in [0.1, 0.15) is 12.0 Å². The van der Waals surface area contributed by atoms with Crippen molar-refractivity contribution in [1.82, 2.24) is 20.2 Å². The Bertz CT molecular complexity index is 1570. The van der Waals surface area contributed by atoms with E-state index in [1.807, 2.05) is 12.1 Å². The van der Waals surface area contributed by atoms with Crippen molar-refractivity contribution in [2.45, 2.75) is 43.7 Å². The van der Waals surface area contributed by atoms with Crippen molar-refractivity contribution in [2.24, 2.45) is 0 Å². The van der Waals surface area contributed by atoms with Crippen LogP contribution in [0.4, 0.5) is 26.3 Å². The molecule has 42 heavy (non-hydrogen) atoms. The van der Waals surface area contributed by atoms with E-state index in [2.05, 4.69) is 15.3 Å². The van der Waals surface area contributed by atoms with Crippen molar-refractivity contribution < 1.29 is 35.9 Å². The van der Waals surface area contributed by atoms with Gasteiger partial charge in [0.2, 0.25) is 0 Å². The van der Waals surface area contributed by atoms with Crippen LogP contribution >= 0.6 is 0 Å². The highest BCUT2D eigenvalue weighted by Crippen LogP contribution is 2.37. The molecule has 1 fully saturated rings. The molecule has 0 aliphatic carbocycles. The van der Waals surface area contributed by atoms with Crippen molar-refractivity contribution in [2.75, 3.05) is 6.54 Å². The van der Waals surface area contributed by atoms with Gasteiger partial charge in [0.15, 0.2) is 0 Å². The monoisotopic (exact) mass is 586 g/mol. The van der Waals surface area contributed by atoms with Crippen LogP contribution in [0.15, 0.2) is 79.1 Å². The first-order valence-corrected chi connectivity index (χ1v) is 13.0. The zero-order valence-electron chi connectivity index (χ0n) is 21.9. The van der Waals surface area contributed by atoms with Crippen LogP contribution in [0.5, 0.6) is 0 Å². The molecular formula is C30H24F6N4O2. The van der Waals surface area contributed by atoms with Gasteiger partial charge in [0.25, 0.3) is 11.8 Å². The van der Waals surface area contributed by atoms with Crippen LogP contribution in [0.3, 0.4) is 0 Å². The molecule has 2 amide bonds. The maximum Gasteiger partial charge on any atom is 0.416 e. The number of alkyl halides is 6. The summed E-state index contributed by atoms with van der Waals surface area (Å²) in [6.07, 6.45) is -7.85. The van der Waals surface area contributed by atoms with Crippen LogP contribution < -0.4 is 5.32 Å². The topological polar surface area (TPSA) is 75.2 Å². The average Bonchev–Trinajstić information content (AvgIpc) is 2.96. The lowest BCUT2D eigenvalue weighted by Gasteiger charge is -2.40. The van der Waals surface area contributed by atoms with Crippen LogP contribution in [0, 0.1) is 0 Å². The minimum Gasteiger partial charge on any atom is -0.346 e. The van der Waals surface area contributed by atoms with E-state index in [0.29, 0.717) is 42.3 Å². The second-order valence-corrected chi connectivity index (χ2v) is 10.1. The molecule has 1 aromatic heterocycles. The minimum atomic E-state index is -5.10. The number of rotatable bonds is 5. The van der Waals surface area contributed by atoms with Crippen molar-refractivity contribution in [1.29, 1.82) is 0 Å². The van der Waals surface area contributed by atoms with Gasteiger partial charge in [-0.2, -0.15) is 26.3 Å². The number of likely N-dealkylation sites (tertiary alicyclic amines) is 1. The molecule has 1 saturated heterocycles. The van der Waals surface area contributed by atoms with Gasteiger partial charge < -0.3 is 10.2 Å². The maximum atomic E-state index is 13.7. The van der Waals surface area contributed by atoms with E-state index in [-0.39, 0.29) is 18.3 Å². The lowest BCUT2D eigenvalue weighted by molar-refractivity contribution is -0.143. The molecule has 0 radical (unpaired) electrons. The van der Waals surface area contributed by atoms with E-state index in [0.717, 1.165) is 5.56 Å². The Morgan fingerprint density at radius 2 is 1.48 bits per heavy atom. The number of nitrogens with zero attached hydrogens (tertiary/aromatic N) is 3. The fraction of sp³-hybridized carbons (Fsp3) is 0.267. The Hall–Kier alpha value is -4.48. The molecule has 1 N–H and O–H groups in total. The number of halogens is 6. The number of aromatic nitrogens is 2.